The molecule has 0 aliphatic heterocycles. The van der Waals surface area contributed by atoms with E-state index in [1.54, 1.807) is 17.8 Å². The lowest BCUT2D eigenvalue weighted by molar-refractivity contribution is 0.830. The minimum atomic E-state index is -0.0961. The highest BCUT2D eigenvalue weighted by molar-refractivity contribution is 7.98. The molecule has 4 N–H and O–H groups in total. The number of nitrogens with zero attached hydrogens (tertiary/aromatic N) is 1. The Labute approximate surface area is 86.9 Å². The molecule has 0 bridgehead atoms. The number of thioether (sulfide) groups is 1. The van der Waals surface area contributed by atoms with Gasteiger partial charge in [-0.15, -0.1) is 0 Å². The lowest BCUT2D eigenvalue weighted by atomic mass is 10.1. The molecule has 0 fully saturated rings. The maximum absolute atomic E-state index is 5.88. The Hall–Kier alpha value is -0.450. The van der Waals surface area contributed by atoms with Crippen LogP contribution in [-0.2, 0) is 0 Å². The zero-order valence-corrected chi connectivity index (χ0v) is 8.90. The van der Waals surface area contributed by atoms with Crippen LogP contribution in [-0.4, -0.2) is 17.0 Å². The molecule has 0 amide bonds. The Balaban J connectivity index is 2.91. The Kier molecular flexibility index (Phi) is 3.84. The highest BCUT2D eigenvalue weighted by atomic mass is 35.5. The van der Waals surface area contributed by atoms with Crippen molar-refractivity contribution in [1.29, 1.82) is 0 Å². The van der Waals surface area contributed by atoms with Crippen molar-refractivity contribution in [3.8, 4) is 0 Å². The Bertz CT molecular complexity index is 293. The van der Waals surface area contributed by atoms with Gasteiger partial charge in [0, 0.05) is 23.6 Å². The van der Waals surface area contributed by atoms with Crippen molar-refractivity contribution in [3.63, 3.8) is 0 Å². The van der Waals surface area contributed by atoms with E-state index < -0.39 is 0 Å². The molecule has 1 rings (SSSR count). The second kappa shape index (κ2) is 4.69. The summed E-state index contributed by atoms with van der Waals surface area (Å²) >= 11 is 7.45. The third kappa shape index (κ3) is 2.76. The van der Waals surface area contributed by atoms with E-state index in [0.717, 1.165) is 11.3 Å². The lowest BCUT2D eigenvalue weighted by Gasteiger charge is -2.12. The first-order valence-electron chi connectivity index (χ1n) is 3.80. The third-order valence-electron chi connectivity index (χ3n) is 1.66. The standard InChI is InChI=1S/C8H12ClN3S/c1-13-4-7(10)6-2-5(9)3-12-8(6)11/h2-3,7H,4,10H2,1H3,(H2,11,12). The van der Waals surface area contributed by atoms with Crippen LogP contribution < -0.4 is 11.5 Å². The molecule has 3 nitrogen and oxygen atoms in total. The maximum atomic E-state index is 5.88. The van der Waals surface area contributed by atoms with E-state index in [-0.39, 0.29) is 6.04 Å². The normalized spacial score (nSPS) is 12.8. The van der Waals surface area contributed by atoms with Gasteiger partial charge < -0.3 is 11.5 Å². The number of halogens is 1. The van der Waals surface area contributed by atoms with Crippen LogP contribution in [0.15, 0.2) is 12.3 Å². The summed E-state index contributed by atoms with van der Waals surface area (Å²) in [5.74, 6) is 1.28. The molecule has 1 unspecified atom stereocenters. The summed E-state index contributed by atoms with van der Waals surface area (Å²) in [6, 6.07) is 1.67. The van der Waals surface area contributed by atoms with Gasteiger partial charge in [0.2, 0.25) is 0 Å². The van der Waals surface area contributed by atoms with Crippen molar-refractivity contribution in [2.24, 2.45) is 5.73 Å². The van der Waals surface area contributed by atoms with Crippen LogP contribution in [0, 0.1) is 0 Å². The average molecular weight is 218 g/mol. The van der Waals surface area contributed by atoms with Gasteiger partial charge in [0.15, 0.2) is 0 Å². The minimum absolute atomic E-state index is 0.0961. The number of aromatic nitrogens is 1. The zero-order chi connectivity index (χ0) is 9.84. The van der Waals surface area contributed by atoms with Crippen molar-refractivity contribution in [2.45, 2.75) is 6.04 Å². The Morgan fingerprint density at radius 2 is 2.38 bits per heavy atom. The smallest absolute Gasteiger partial charge is 0.128 e. The monoisotopic (exact) mass is 217 g/mol. The van der Waals surface area contributed by atoms with Crippen molar-refractivity contribution < 1.29 is 0 Å². The number of rotatable bonds is 3. The van der Waals surface area contributed by atoms with Gasteiger partial charge in [0.25, 0.3) is 0 Å². The minimum Gasteiger partial charge on any atom is -0.383 e. The first kappa shape index (κ1) is 10.6. The summed E-state index contributed by atoms with van der Waals surface area (Å²) in [7, 11) is 0. The van der Waals surface area contributed by atoms with Crippen LogP contribution in [0.2, 0.25) is 5.02 Å². The van der Waals surface area contributed by atoms with Gasteiger partial charge in [0.05, 0.1) is 5.02 Å². The quantitative estimate of drug-likeness (QED) is 0.809. The molecule has 5 heteroatoms. The number of pyridine rings is 1. The molecule has 13 heavy (non-hydrogen) atoms. The van der Waals surface area contributed by atoms with Gasteiger partial charge in [0.1, 0.15) is 5.82 Å². The van der Waals surface area contributed by atoms with Gasteiger partial charge in [-0.3, -0.25) is 0 Å². The number of hydrogen-bond donors (Lipinski definition) is 2. The van der Waals surface area contributed by atoms with Gasteiger partial charge >= 0.3 is 0 Å². The van der Waals surface area contributed by atoms with E-state index in [0.29, 0.717) is 10.8 Å². The third-order valence-corrected chi connectivity index (χ3v) is 2.56. The van der Waals surface area contributed by atoms with Crippen LogP contribution in [0.1, 0.15) is 11.6 Å². The van der Waals surface area contributed by atoms with E-state index >= 15 is 0 Å². The topological polar surface area (TPSA) is 64.9 Å². The van der Waals surface area contributed by atoms with E-state index in [9.17, 15) is 0 Å². The summed E-state index contributed by atoms with van der Waals surface area (Å²) < 4.78 is 0. The molecule has 0 spiro atoms. The molecule has 0 aliphatic carbocycles. The number of hydrogen-bond acceptors (Lipinski definition) is 4. The Morgan fingerprint density at radius 3 is 3.00 bits per heavy atom. The highest BCUT2D eigenvalue weighted by Crippen LogP contribution is 2.22. The largest absolute Gasteiger partial charge is 0.383 e. The molecule has 1 atom stereocenters. The van der Waals surface area contributed by atoms with E-state index in [4.69, 9.17) is 23.1 Å². The fourth-order valence-electron chi connectivity index (χ4n) is 1.03. The van der Waals surface area contributed by atoms with Crippen LogP contribution >= 0.6 is 23.4 Å². The molecule has 1 heterocycles. The molecule has 1 aromatic rings. The molecule has 0 aliphatic rings. The van der Waals surface area contributed by atoms with Crippen molar-refractivity contribution in [3.05, 3.63) is 22.8 Å². The summed E-state index contributed by atoms with van der Waals surface area (Å²) in [6.45, 7) is 0. The highest BCUT2D eigenvalue weighted by Gasteiger charge is 2.10. The molecule has 1 aromatic heterocycles. The Morgan fingerprint density at radius 1 is 1.69 bits per heavy atom. The number of nitrogens with two attached hydrogens (primary N) is 2. The number of anilines is 1. The van der Waals surface area contributed by atoms with E-state index in [2.05, 4.69) is 4.98 Å². The van der Waals surface area contributed by atoms with Crippen molar-refractivity contribution >= 4 is 29.2 Å². The maximum Gasteiger partial charge on any atom is 0.128 e. The molecular formula is C8H12ClN3S. The SMILES string of the molecule is CSCC(N)c1cc(Cl)cnc1N. The molecular weight excluding hydrogens is 206 g/mol. The van der Waals surface area contributed by atoms with Gasteiger partial charge in [-0.05, 0) is 12.3 Å². The predicted molar refractivity (Wildman–Crippen MR) is 59.0 cm³/mol. The summed E-state index contributed by atoms with van der Waals surface area (Å²) in [4.78, 5) is 3.94. The van der Waals surface area contributed by atoms with Crippen LogP contribution in [0.5, 0.6) is 0 Å². The summed E-state index contributed by atoms with van der Waals surface area (Å²) in [5.41, 5.74) is 12.4. The second-order valence-corrected chi connectivity index (χ2v) is 4.04. The zero-order valence-electron chi connectivity index (χ0n) is 7.33. The molecule has 0 aromatic carbocycles. The van der Waals surface area contributed by atoms with Gasteiger partial charge in [-0.25, -0.2) is 4.98 Å². The van der Waals surface area contributed by atoms with Crippen molar-refractivity contribution in [2.75, 3.05) is 17.7 Å². The van der Waals surface area contributed by atoms with E-state index in [1.807, 2.05) is 6.26 Å². The summed E-state index contributed by atoms with van der Waals surface area (Å²) in [5, 5.41) is 0.570. The molecule has 0 radical (unpaired) electrons. The van der Waals surface area contributed by atoms with Crippen LogP contribution in [0.4, 0.5) is 5.82 Å². The van der Waals surface area contributed by atoms with Crippen LogP contribution in [0.3, 0.4) is 0 Å². The fourth-order valence-corrected chi connectivity index (χ4v) is 1.74. The number of nitrogen functional groups attached to an aromatic ring is 1. The molecule has 72 valence electrons. The molecule has 0 saturated heterocycles. The van der Waals surface area contributed by atoms with Crippen LogP contribution in [0.25, 0.3) is 0 Å². The lowest BCUT2D eigenvalue weighted by Crippen LogP contribution is -2.15. The summed E-state index contributed by atoms with van der Waals surface area (Å²) in [6.07, 6.45) is 3.51. The first-order valence-corrected chi connectivity index (χ1v) is 5.57. The second-order valence-electron chi connectivity index (χ2n) is 2.69. The average Bonchev–Trinajstić information content (AvgIpc) is 2.09. The predicted octanol–water partition coefficient (Wildman–Crippen LogP) is 1.68. The van der Waals surface area contributed by atoms with E-state index in [1.165, 1.54) is 6.20 Å². The van der Waals surface area contributed by atoms with Gasteiger partial charge in [-0.2, -0.15) is 11.8 Å². The van der Waals surface area contributed by atoms with Gasteiger partial charge in [-0.1, -0.05) is 11.6 Å². The fraction of sp³-hybridized carbons (Fsp3) is 0.375. The van der Waals surface area contributed by atoms with Crippen molar-refractivity contribution in [1.82, 2.24) is 4.98 Å². The molecule has 0 saturated carbocycles. The first-order chi connectivity index (χ1) is 6.15.